The average Bonchev–Trinajstić information content (AvgIpc) is 2.80. The fraction of sp³-hybridized carbons (Fsp3) is 0.826. The number of rotatable bonds is 3. The number of carbonyl (C=O) groups is 2. The summed E-state index contributed by atoms with van der Waals surface area (Å²) in [7, 11) is 0. The second-order valence-corrected chi connectivity index (χ2v) is 10.1. The number of carbonyl (C=O) groups excluding carboxylic acids is 2. The molecule has 0 unspecified atom stereocenters. The minimum Gasteiger partial charge on any atom is -0.463 e. The summed E-state index contributed by atoms with van der Waals surface area (Å²) in [5.74, 6) is 0.949. The highest BCUT2D eigenvalue weighted by Crippen LogP contribution is 2.71. The number of hydrogen-bond acceptors (Lipinski definition) is 5. The molecular weight excluding hydrogens is 356 g/mol. The lowest BCUT2D eigenvalue weighted by Crippen LogP contribution is -2.59. The van der Waals surface area contributed by atoms with Crippen molar-refractivity contribution in [1.29, 1.82) is 0 Å². The highest BCUT2D eigenvalue weighted by Gasteiger charge is 2.67. The Morgan fingerprint density at radius 2 is 1.86 bits per heavy atom. The van der Waals surface area contributed by atoms with Crippen molar-refractivity contribution in [2.24, 2.45) is 34.5 Å². The largest absolute Gasteiger partial charge is 0.463 e. The number of esters is 2. The van der Waals surface area contributed by atoms with Gasteiger partial charge in [0.2, 0.25) is 0 Å². The average molecular weight is 391 g/mol. The van der Waals surface area contributed by atoms with Crippen molar-refractivity contribution in [2.45, 2.75) is 77.9 Å². The monoisotopic (exact) mass is 390 g/mol. The van der Waals surface area contributed by atoms with E-state index in [4.69, 9.17) is 9.47 Å². The smallest absolute Gasteiger partial charge is 0.303 e. The molecule has 0 amide bonds. The van der Waals surface area contributed by atoms with Gasteiger partial charge in [0.25, 0.3) is 0 Å². The van der Waals surface area contributed by atoms with Gasteiger partial charge in [-0.05, 0) is 79.6 Å². The molecule has 156 valence electrons. The van der Waals surface area contributed by atoms with E-state index in [0.717, 1.165) is 50.5 Å². The molecule has 0 aliphatic heterocycles. The van der Waals surface area contributed by atoms with Crippen molar-refractivity contribution < 1.29 is 24.2 Å². The number of hydrogen-bond donors (Lipinski definition) is 1. The molecule has 1 spiro atoms. The van der Waals surface area contributed by atoms with Crippen LogP contribution < -0.4 is 0 Å². The number of aliphatic hydroxyl groups is 1. The van der Waals surface area contributed by atoms with E-state index < -0.39 is 0 Å². The van der Waals surface area contributed by atoms with Gasteiger partial charge in [-0.2, -0.15) is 0 Å². The van der Waals surface area contributed by atoms with Crippen LogP contribution in [0.15, 0.2) is 12.2 Å². The van der Waals surface area contributed by atoms with Gasteiger partial charge >= 0.3 is 11.9 Å². The third kappa shape index (κ3) is 2.84. The second kappa shape index (κ2) is 6.86. The minimum atomic E-state index is -0.245. The maximum Gasteiger partial charge on any atom is 0.303 e. The van der Waals surface area contributed by atoms with Crippen LogP contribution in [0.2, 0.25) is 0 Å². The van der Waals surface area contributed by atoms with Gasteiger partial charge in [0.1, 0.15) is 12.2 Å². The lowest BCUT2D eigenvalue weighted by Gasteiger charge is -2.62. The van der Waals surface area contributed by atoms with Crippen LogP contribution in [0, 0.1) is 34.5 Å². The van der Waals surface area contributed by atoms with E-state index in [1.54, 1.807) is 0 Å². The van der Waals surface area contributed by atoms with Crippen LogP contribution in [0.3, 0.4) is 0 Å². The molecule has 0 saturated heterocycles. The molecule has 0 radical (unpaired) electrons. The molecule has 1 N–H and O–H groups in total. The fourth-order valence-corrected chi connectivity index (χ4v) is 7.98. The predicted molar refractivity (Wildman–Crippen MR) is 104 cm³/mol. The van der Waals surface area contributed by atoms with Crippen molar-refractivity contribution in [2.75, 3.05) is 6.61 Å². The molecule has 4 aliphatic rings. The van der Waals surface area contributed by atoms with Crippen LogP contribution in [0.4, 0.5) is 0 Å². The van der Waals surface area contributed by atoms with Crippen LogP contribution in [-0.2, 0) is 19.1 Å². The Bertz CT molecular complexity index is 686. The molecule has 28 heavy (non-hydrogen) atoms. The summed E-state index contributed by atoms with van der Waals surface area (Å²) in [6.07, 6.45) is 6.56. The third-order valence-corrected chi connectivity index (χ3v) is 8.72. The summed E-state index contributed by atoms with van der Waals surface area (Å²) in [6, 6.07) is 0. The predicted octanol–water partition coefficient (Wildman–Crippen LogP) is 3.64. The first kappa shape index (κ1) is 19.9. The Morgan fingerprint density at radius 3 is 2.50 bits per heavy atom. The maximum absolute atomic E-state index is 11.9. The molecule has 4 fully saturated rings. The standard InChI is InChI=1S/C23H34O5/c1-13-16-5-6-20-22(4)11-18(27-14(2)25)9-17(12-24)19(22)7-8-23(20,10-16)21(13)28-15(3)26/h16-21,24H,1,5-12H2,2-4H3/t16-,17+,18-,19-,20+,21+,22-,23-/m1/s1. The number of aliphatic hydroxyl groups excluding tert-OH is 1. The Labute approximate surface area is 167 Å². The zero-order valence-corrected chi connectivity index (χ0v) is 17.4. The molecule has 4 rings (SSSR count). The Hall–Kier alpha value is -1.36. The molecule has 8 atom stereocenters. The van der Waals surface area contributed by atoms with Crippen molar-refractivity contribution in [3.63, 3.8) is 0 Å². The molecule has 4 aliphatic carbocycles. The first-order chi connectivity index (χ1) is 13.2. The number of ether oxygens (including phenoxy) is 2. The molecule has 5 nitrogen and oxygen atoms in total. The molecule has 5 heteroatoms. The molecule has 2 bridgehead atoms. The first-order valence-corrected chi connectivity index (χ1v) is 10.8. The zero-order chi connectivity index (χ0) is 20.3. The Morgan fingerprint density at radius 1 is 1.14 bits per heavy atom. The van der Waals surface area contributed by atoms with Crippen LogP contribution in [-0.4, -0.2) is 35.9 Å². The molecule has 4 saturated carbocycles. The summed E-state index contributed by atoms with van der Waals surface area (Å²) in [4.78, 5) is 23.5. The van der Waals surface area contributed by atoms with E-state index in [2.05, 4.69) is 13.5 Å². The van der Waals surface area contributed by atoms with Crippen LogP contribution >= 0.6 is 0 Å². The highest BCUT2D eigenvalue weighted by molar-refractivity contribution is 5.67. The van der Waals surface area contributed by atoms with Crippen molar-refractivity contribution in [1.82, 2.24) is 0 Å². The fourth-order valence-electron chi connectivity index (χ4n) is 7.98. The first-order valence-electron chi connectivity index (χ1n) is 10.8. The van der Waals surface area contributed by atoms with E-state index in [0.29, 0.717) is 17.8 Å². The summed E-state index contributed by atoms with van der Waals surface area (Å²) in [5, 5.41) is 10.1. The lowest BCUT2D eigenvalue weighted by molar-refractivity contribution is -0.194. The highest BCUT2D eigenvalue weighted by atomic mass is 16.5. The Kier molecular flexibility index (Phi) is 4.88. The van der Waals surface area contributed by atoms with Gasteiger partial charge in [-0.3, -0.25) is 9.59 Å². The van der Waals surface area contributed by atoms with E-state index >= 15 is 0 Å². The van der Waals surface area contributed by atoms with Gasteiger partial charge < -0.3 is 14.6 Å². The van der Waals surface area contributed by atoms with Gasteiger partial charge in [-0.25, -0.2) is 0 Å². The lowest BCUT2D eigenvalue weighted by atomic mass is 9.43. The molecule has 0 aromatic heterocycles. The topological polar surface area (TPSA) is 72.8 Å². The van der Waals surface area contributed by atoms with Crippen molar-refractivity contribution >= 4 is 11.9 Å². The summed E-state index contributed by atoms with van der Waals surface area (Å²) in [5.41, 5.74) is 1.03. The van der Waals surface area contributed by atoms with Gasteiger partial charge in [-0.15, -0.1) is 0 Å². The normalized spacial score (nSPS) is 47.1. The SMILES string of the molecule is C=C1[C@@H]2CC[C@H]3[C@]4(C)C[C@H](OC(C)=O)C[C@@H](CO)[C@H]4CC[C@]3(C2)[C@H]1OC(C)=O. The van der Waals surface area contributed by atoms with E-state index in [1.165, 1.54) is 13.8 Å². The Balaban J connectivity index is 1.71. The van der Waals surface area contributed by atoms with E-state index in [-0.39, 0.29) is 47.5 Å². The summed E-state index contributed by atoms with van der Waals surface area (Å²) in [6.45, 7) is 9.78. The second-order valence-electron chi connectivity index (χ2n) is 10.1. The van der Waals surface area contributed by atoms with Crippen LogP contribution in [0.5, 0.6) is 0 Å². The molecule has 0 heterocycles. The third-order valence-electron chi connectivity index (χ3n) is 8.72. The maximum atomic E-state index is 11.9. The van der Waals surface area contributed by atoms with Gasteiger partial charge in [0.15, 0.2) is 0 Å². The molecule has 0 aromatic rings. The molecule has 0 aromatic carbocycles. The van der Waals surface area contributed by atoms with Crippen LogP contribution in [0.1, 0.15) is 65.7 Å². The van der Waals surface area contributed by atoms with Gasteiger partial charge in [0.05, 0.1) is 0 Å². The number of fused-ring (bicyclic) bond motifs is 3. The zero-order valence-electron chi connectivity index (χ0n) is 17.4. The van der Waals surface area contributed by atoms with Crippen molar-refractivity contribution in [3.8, 4) is 0 Å². The summed E-state index contributed by atoms with van der Waals surface area (Å²) >= 11 is 0. The van der Waals surface area contributed by atoms with Crippen LogP contribution in [0.25, 0.3) is 0 Å². The quantitative estimate of drug-likeness (QED) is 0.588. The van der Waals surface area contributed by atoms with Crippen molar-refractivity contribution in [3.05, 3.63) is 12.2 Å². The van der Waals surface area contributed by atoms with E-state index in [1.807, 2.05) is 0 Å². The van der Waals surface area contributed by atoms with Gasteiger partial charge in [0, 0.05) is 25.9 Å². The molecular formula is C23H34O5. The summed E-state index contributed by atoms with van der Waals surface area (Å²) < 4.78 is 11.5. The van der Waals surface area contributed by atoms with E-state index in [9.17, 15) is 14.7 Å². The van der Waals surface area contributed by atoms with Gasteiger partial charge in [-0.1, -0.05) is 13.5 Å². The minimum absolute atomic E-state index is 0.0298.